The van der Waals surface area contributed by atoms with Crippen molar-refractivity contribution in [1.29, 1.82) is 0 Å². The van der Waals surface area contributed by atoms with Crippen molar-refractivity contribution in [1.82, 2.24) is 20.1 Å². The van der Waals surface area contributed by atoms with Crippen LogP contribution in [0.2, 0.25) is 0 Å². The zero-order valence-electron chi connectivity index (χ0n) is 15.6. The molecule has 1 aromatic carbocycles. The first-order valence-electron chi connectivity index (χ1n) is 8.92. The van der Waals surface area contributed by atoms with Crippen molar-refractivity contribution in [2.24, 2.45) is 0 Å². The van der Waals surface area contributed by atoms with Gasteiger partial charge in [0.05, 0.1) is 22.8 Å². The van der Waals surface area contributed by atoms with Crippen molar-refractivity contribution in [2.45, 2.75) is 17.6 Å². The van der Waals surface area contributed by atoms with Crippen LogP contribution in [0.3, 0.4) is 0 Å². The number of thioether (sulfide) groups is 1. The first kappa shape index (κ1) is 19.9. The molecule has 0 unspecified atom stereocenters. The van der Waals surface area contributed by atoms with E-state index in [9.17, 15) is 9.59 Å². The molecule has 2 aromatic rings. The predicted octanol–water partition coefficient (Wildman–Crippen LogP) is 2.25. The van der Waals surface area contributed by atoms with E-state index in [2.05, 4.69) is 20.6 Å². The number of aryl methyl sites for hydroxylation is 1. The van der Waals surface area contributed by atoms with Gasteiger partial charge in [-0.25, -0.2) is 4.98 Å². The number of carbonyl (C=O) groups is 2. The van der Waals surface area contributed by atoms with Gasteiger partial charge in [0.2, 0.25) is 5.91 Å². The molecule has 1 saturated heterocycles. The fraction of sp³-hybridized carbons (Fsp3) is 0.421. The Kier molecular flexibility index (Phi) is 6.87. The molecule has 144 valence electrons. The van der Waals surface area contributed by atoms with Gasteiger partial charge >= 0.3 is 0 Å². The van der Waals surface area contributed by atoms with Crippen LogP contribution in [0.25, 0.3) is 0 Å². The molecular formula is C19H24N4O2S2. The van der Waals surface area contributed by atoms with Gasteiger partial charge < -0.3 is 10.2 Å². The summed E-state index contributed by atoms with van der Waals surface area (Å²) in [7, 11) is 1.64. The molecule has 2 heterocycles. The number of hydrogen-bond donors (Lipinski definition) is 1. The van der Waals surface area contributed by atoms with Crippen LogP contribution < -0.4 is 5.32 Å². The highest BCUT2D eigenvalue weighted by Gasteiger charge is 2.24. The molecule has 0 aliphatic carbocycles. The van der Waals surface area contributed by atoms with Crippen LogP contribution in [0.15, 0.2) is 34.5 Å². The smallest absolute Gasteiger partial charge is 0.255 e. The summed E-state index contributed by atoms with van der Waals surface area (Å²) in [5.74, 6) is 0.829. The summed E-state index contributed by atoms with van der Waals surface area (Å²) < 4.78 is 0. The van der Waals surface area contributed by atoms with Gasteiger partial charge in [0.1, 0.15) is 0 Å². The van der Waals surface area contributed by atoms with Gasteiger partial charge in [-0.1, -0.05) is 12.1 Å². The molecule has 1 aliphatic rings. The minimum atomic E-state index is 0.00815. The molecule has 1 fully saturated rings. The summed E-state index contributed by atoms with van der Waals surface area (Å²) in [6.07, 6.45) is 0. The number of piperazine rings is 1. The third-order valence-electron chi connectivity index (χ3n) is 4.47. The molecule has 8 heteroatoms. The molecule has 6 nitrogen and oxygen atoms in total. The number of carbonyl (C=O) groups excluding carboxylic acids is 2. The zero-order valence-corrected chi connectivity index (χ0v) is 17.2. The van der Waals surface area contributed by atoms with Crippen molar-refractivity contribution in [3.05, 3.63) is 45.9 Å². The lowest BCUT2D eigenvalue weighted by molar-refractivity contribution is -0.122. The average molecular weight is 405 g/mol. The molecule has 1 N–H and O–H groups in total. The number of nitrogens with one attached hydrogen (secondary N) is 1. The lowest BCUT2D eigenvalue weighted by Crippen LogP contribution is -2.50. The number of amides is 2. The maximum atomic E-state index is 13.0. The first-order chi connectivity index (χ1) is 13.1. The van der Waals surface area contributed by atoms with Gasteiger partial charge in [0.15, 0.2) is 0 Å². The second kappa shape index (κ2) is 9.34. The Balaban J connectivity index is 1.61. The lowest BCUT2D eigenvalue weighted by Gasteiger charge is -2.34. The number of hydrogen-bond acceptors (Lipinski definition) is 6. The van der Waals surface area contributed by atoms with Gasteiger partial charge in [0, 0.05) is 49.3 Å². The van der Waals surface area contributed by atoms with E-state index in [4.69, 9.17) is 0 Å². The van der Waals surface area contributed by atoms with Crippen LogP contribution in [-0.4, -0.2) is 66.4 Å². The van der Waals surface area contributed by atoms with Gasteiger partial charge in [-0.05, 0) is 19.1 Å². The third-order valence-corrected chi connectivity index (χ3v) is 6.39. The van der Waals surface area contributed by atoms with Gasteiger partial charge in [-0.2, -0.15) is 0 Å². The average Bonchev–Trinajstić information content (AvgIpc) is 3.12. The Morgan fingerprint density at radius 2 is 1.96 bits per heavy atom. The Hall–Kier alpha value is -1.90. The highest BCUT2D eigenvalue weighted by Crippen LogP contribution is 2.28. The summed E-state index contributed by atoms with van der Waals surface area (Å²) in [4.78, 5) is 34.0. The molecule has 0 atom stereocenters. The second-order valence-electron chi connectivity index (χ2n) is 6.38. The molecule has 0 saturated carbocycles. The van der Waals surface area contributed by atoms with E-state index < -0.39 is 0 Å². The highest BCUT2D eigenvalue weighted by atomic mass is 32.2. The summed E-state index contributed by atoms with van der Waals surface area (Å²) in [5, 5.41) is 5.77. The van der Waals surface area contributed by atoms with E-state index in [1.807, 2.05) is 36.1 Å². The first-order valence-corrected chi connectivity index (χ1v) is 10.8. The summed E-state index contributed by atoms with van der Waals surface area (Å²) in [6, 6.07) is 7.77. The fourth-order valence-electron chi connectivity index (χ4n) is 2.96. The van der Waals surface area contributed by atoms with Crippen molar-refractivity contribution in [2.75, 3.05) is 39.8 Å². The number of benzene rings is 1. The SMILES string of the molecule is CNC(=O)CN1CCN(C(=O)c2ccccc2SCc2csc(C)n2)CC1. The van der Waals surface area contributed by atoms with Gasteiger partial charge in [-0.15, -0.1) is 23.1 Å². The van der Waals surface area contributed by atoms with Crippen molar-refractivity contribution < 1.29 is 9.59 Å². The molecule has 1 aromatic heterocycles. The maximum Gasteiger partial charge on any atom is 0.255 e. The molecule has 0 bridgehead atoms. The van der Waals surface area contributed by atoms with Gasteiger partial charge in [-0.3, -0.25) is 14.5 Å². The second-order valence-corrected chi connectivity index (χ2v) is 8.46. The zero-order chi connectivity index (χ0) is 19.2. The molecule has 0 spiro atoms. The van der Waals surface area contributed by atoms with Crippen molar-refractivity contribution in [3.8, 4) is 0 Å². The summed E-state index contributed by atoms with van der Waals surface area (Å²) in [5.41, 5.74) is 1.79. The minimum absolute atomic E-state index is 0.00815. The number of nitrogens with zero attached hydrogens (tertiary/aromatic N) is 3. The van der Waals surface area contributed by atoms with E-state index in [0.29, 0.717) is 32.7 Å². The number of aromatic nitrogens is 1. The third kappa shape index (κ3) is 5.31. The van der Waals surface area contributed by atoms with Gasteiger partial charge in [0.25, 0.3) is 5.91 Å². The number of rotatable bonds is 6. The minimum Gasteiger partial charge on any atom is -0.358 e. The van der Waals surface area contributed by atoms with Crippen LogP contribution in [0.1, 0.15) is 21.1 Å². The molecule has 3 rings (SSSR count). The molecule has 0 radical (unpaired) electrons. The lowest BCUT2D eigenvalue weighted by atomic mass is 10.2. The predicted molar refractivity (Wildman–Crippen MR) is 109 cm³/mol. The largest absolute Gasteiger partial charge is 0.358 e. The summed E-state index contributed by atoms with van der Waals surface area (Å²) >= 11 is 3.30. The Morgan fingerprint density at radius 1 is 1.22 bits per heavy atom. The van der Waals surface area contributed by atoms with E-state index >= 15 is 0 Å². The Labute approximate surface area is 168 Å². The highest BCUT2D eigenvalue weighted by molar-refractivity contribution is 7.98. The van der Waals surface area contributed by atoms with Crippen LogP contribution in [0.5, 0.6) is 0 Å². The van der Waals surface area contributed by atoms with Crippen LogP contribution in [0.4, 0.5) is 0 Å². The topological polar surface area (TPSA) is 65.5 Å². The normalized spacial score (nSPS) is 15.0. The van der Waals surface area contributed by atoms with Crippen LogP contribution >= 0.6 is 23.1 Å². The monoisotopic (exact) mass is 404 g/mol. The van der Waals surface area contributed by atoms with Crippen molar-refractivity contribution >= 4 is 34.9 Å². The fourth-order valence-corrected chi connectivity index (χ4v) is 4.61. The maximum absolute atomic E-state index is 13.0. The summed E-state index contributed by atoms with van der Waals surface area (Å²) in [6.45, 7) is 5.09. The van der Waals surface area contributed by atoms with Crippen LogP contribution in [0, 0.1) is 6.92 Å². The Bertz CT molecular complexity index is 801. The number of thiazole rings is 1. The number of likely N-dealkylation sites (N-methyl/N-ethyl adjacent to an activating group) is 1. The van der Waals surface area contributed by atoms with Crippen molar-refractivity contribution in [3.63, 3.8) is 0 Å². The van der Waals surface area contributed by atoms with E-state index in [1.54, 1.807) is 30.1 Å². The Morgan fingerprint density at radius 3 is 2.63 bits per heavy atom. The van der Waals surface area contributed by atoms with E-state index in [1.165, 1.54) is 0 Å². The van der Waals surface area contributed by atoms with Crippen LogP contribution in [-0.2, 0) is 10.5 Å². The standard InChI is InChI=1S/C19H24N4O2S2/c1-14-21-15(12-26-14)13-27-17-6-4-3-5-16(17)19(25)23-9-7-22(8-10-23)11-18(24)20-2/h3-6,12H,7-11,13H2,1-2H3,(H,20,24). The molecule has 27 heavy (non-hydrogen) atoms. The van der Waals surface area contributed by atoms with E-state index in [0.717, 1.165) is 26.9 Å². The quantitative estimate of drug-likeness (QED) is 0.748. The van der Waals surface area contributed by atoms with E-state index in [-0.39, 0.29) is 11.8 Å². The molecule has 1 aliphatic heterocycles. The molecular weight excluding hydrogens is 380 g/mol. The molecule has 2 amide bonds.